The summed E-state index contributed by atoms with van der Waals surface area (Å²) in [6.07, 6.45) is 2.03. The summed E-state index contributed by atoms with van der Waals surface area (Å²) in [4.78, 5) is 2.52. The number of piperidine rings is 1. The molecule has 1 aliphatic heterocycles. The maximum atomic E-state index is 15.1. The van der Waals surface area contributed by atoms with Gasteiger partial charge in [-0.3, -0.25) is 4.90 Å². The molecule has 2 atom stereocenters. The van der Waals surface area contributed by atoms with Crippen LogP contribution in [0.5, 0.6) is 0 Å². The van der Waals surface area contributed by atoms with Gasteiger partial charge in [0.15, 0.2) is 0 Å². The van der Waals surface area contributed by atoms with Crippen molar-refractivity contribution in [3.05, 3.63) is 59.4 Å². The van der Waals surface area contributed by atoms with Gasteiger partial charge in [0.25, 0.3) is 0 Å². The minimum Gasteiger partial charge on any atom is -0.372 e. The first-order valence-corrected chi connectivity index (χ1v) is 10.7. The van der Waals surface area contributed by atoms with Crippen LogP contribution in [0, 0.1) is 18.7 Å². The second kappa shape index (κ2) is 9.38. The molecule has 2 N–H and O–H groups in total. The van der Waals surface area contributed by atoms with Crippen molar-refractivity contribution in [2.24, 2.45) is 11.7 Å². The fourth-order valence-electron chi connectivity index (χ4n) is 4.42. The number of halogens is 1. The third-order valence-corrected chi connectivity index (χ3v) is 5.91. The summed E-state index contributed by atoms with van der Waals surface area (Å²) in [5.41, 5.74) is 9.50. The Morgan fingerprint density at radius 2 is 1.97 bits per heavy atom. The van der Waals surface area contributed by atoms with Crippen LogP contribution in [-0.4, -0.2) is 36.7 Å². The van der Waals surface area contributed by atoms with Gasteiger partial charge < -0.3 is 10.5 Å². The molecule has 4 heteroatoms. The van der Waals surface area contributed by atoms with Crippen molar-refractivity contribution in [2.45, 2.75) is 52.2 Å². The van der Waals surface area contributed by atoms with E-state index in [0.29, 0.717) is 24.6 Å². The van der Waals surface area contributed by atoms with Crippen molar-refractivity contribution in [3.8, 4) is 11.1 Å². The molecule has 1 fully saturated rings. The number of rotatable bonds is 6. The van der Waals surface area contributed by atoms with Crippen molar-refractivity contribution in [3.63, 3.8) is 0 Å². The number of hydrogen-bond acceptors (Lipinski definition) is 3. The zero-order valence-electron chi connectivity index (χ0n) is 18.2. The molecular formula is C25H35FN2O. The minimum absolute atomic E-state index is 0.110. The molecule has 0 aliphatic carbocycles. The van der Waals surface area contributed by atoms with E-state index in [1.807, 2.05) is 37.3 Å². The van der Waals surface area contributed by atoms with E-state index in [0.717, 1.165) is 42.6 Å². The molecule has 29 heavy (non-hydrogen) atoms. The van der Waals surface area contributed by atoms with Crippen LogP contribution >= 0.6 is 0 Å². The molecule has 0 spiro atoms. The molecule has 1 aliphatic rings. The van der Waals surface area contributed by atoms with Gasteiger partial charge >= 0.3 is 0 Å². The van der Waals surface area contributed by atoms with Gasteiger partial charge in [0.1, 0.15) is 5.82 Å². The molecule has 3 nitrogen and oxygen atoms in total. The normalized spacial score (nSPS) is 19.3. The number of benzene rings is 2. The number of hydrogen-bond donors (Lipinski definition) is 1. The first kappa shape index (κ1) is 21.9. The zero-order valence-corrected chi connectivity index (χ0v) is 18.2. The van der Waals surface area contributed by atoms with Gasteiger partial charge in [0.2, 0.25) is 0 Å². The summed E-state index contributed by atoms with van der Waals surface area (Å²) in [7, 11) is 0. The predicted octanol–water partition coefficient (Wildman–Crippen LogP) is 5.33. The zero-order chi connectivity index (χ0) is 21.0. The topological polar surface area (TPSA) is 38.5 Å². The monoisotopic (exact) mass is 398 g/mol. The number of aryl methyl sites for hydroxylation is 1. The fraction of sp³-hybridized carbons (Fsp3) is 0.520. The smallest absolute Gasteiger partial charge is 0.131 e. The van der Waals surface area contributed by atoms with E-state index in [2.05, 4.69) is 25.7 Å². The summed E-state index contributed by atoms with van der Waals surface area (Å²) in [6.45, 7) is 11.8. The molecule has 0 aromatic heterocycles. The fourth-order valence-corrected chi connectivity index (χ4v) is 4.42. The summed E-state index contributed by atoms with van der Waals surface area (Å²) in [5, 5.41) is 0. The Balaban J connectivity index is 2.02. The lowest BCUT2D eigenvalue weighted by molar-refractivity contribution is -0.0286. The van der Waals surface area contributed by atoms with Crippen LogP contribution in [-0.2, 0) is 4.74 Å². The van der Waals surface area contributed by atoms with Crippen LogP contribution < -0.4 is 5.73 Å². The van der Waals surface area contributed by atoms with E-state index in [1.165, 1.54) is 0 Å². The highest BCUT2D eigenvalue weighted by molar-refractivity contribution is 5.69. The molecule has 0 bridgehead atoms. The quantitative estimate of drug-likeness (QED) is 0.715. The number of nitrogens with zero attached hydrogens (tertiary/aromatic N) is 1. The Morgan fingerprint density at radius 3 is 2.66 bits per heavy atom. The van der Waals surface area contributed by atoms with Crippen LogP contribution in [0.1, 0.15) is 50.8 Å². The van der Waals surface area contributed by atoms with Gasteiger partial charge in [0, 0.05) is 30.1 Å². The Bertz CT molecular complexity index is 815. The third kappa shape index (κ3) is 5.25. The molecular weight excluding hydrogens is 363 g/mol. The van der Waals surface area contributed by atoms with Crippen LogP contribution in [0.2, 0.25) is 0 Å². The third-order valence-electron chi connectivity index (χ3n) is 5.91. The second-order valence-electron chi connectivity index (χ2n) is 9.17. The first-order valence-electron chi connectivity index (χ1n) is 10.7. The van der Waals surface area contributed by atoms with E-state index < -0.39 is 0 Å². The molecule has 0 unspecified atom stereocenters. The Labute approximate surface area is 175 Å². The first-order chi connectivity index (χ1) is 13.8. The summed E-state index contributed by atoms with van der Waals surface area (Å²) in [6, 6.07) is 13.4. The molecule has 2 aromatic carbocycles. The van der Waals surface area contributed by atoms with Crippen LogP contribution in [0.3, 0.4) is 0 Å². The van der Waals surface area contributed by atoms with Crippen molar-refractivity contribution in [1.82, 2.24) is 4.90 Å². The van der Waals surface area contributed by atoms with E-state index in [9.17, 15) is 0 Å². The molecule has 0 amide bonds. The van der Waals surface area contributed by atoms with Gasteiger partial charge in [-0.2, -0.15) is 0 Å². The largest absolute Gasteiger partial charge is 0.372 e. The predicted molar refractivity (Wildman–Crippen MR) is 118 cm³/mol. The average Bonchev–Trinajstić information content (AvgIpc) is 2.68. The molecule has 158 valence electrons. The highest BCUT2D eigenvalue weighted by Crippen LogP contribution is 2.40. The summed E-state index contributed by atoms with van der Waals surface area (Å²) >= 11 is 0. The van der Waals surface area contributed by atoms with Crippen molar-refractivity contribution < 1.29 is 9.13 Å². The van der Waals surface area contributed by atoms with E-state index in [-0.39, 0.29) is 17.5 Å². The van der Waals surface area contributed by atoms with Gasteiger partial charge in [0.05, 0.1) is 12.7 Å². The van der Waals surface area contributed by atoms with Gasteiger partial charge in [-0.25, -0.2) is 4.39 Å². The van der Waals surface area contributed by atoms with Crippen molar-refractivity contribution in [1.29, 1.82) is 0 Å². The van der Waals surface area contributed by atoms with Gasteiger partial charge in [-0.05, 0) is 64.3 Å². The van der Waals surface area contributed by atoms with Crippen LogP contribution in [0.15, 0.2) is 42.5 Å². The second-order valence-corrected chi connectivity index (χ2v) is 9.17. The number of likely N-dealkylation sites (tertiary alicyclic amines) is 1. The maximum Gasteiger partial charge on any atom is 0.131 e. The lowest BCUT2D eigenvalue weighted by atomic mass is 9.83. The van der Waals surface area contributed by atoms with Gasteiger partial charge in [-0.1, -0.05) is 42.0 Å². The molecule has 3 rings (SSSR count). The molecule has 1 heterocycles. The lowest BCUT2D eigenvalue weighted by Gasteiger charge is -2.44. The summed E-state index contributed by atoms with van der Waals surface area (Å²) < 4.78 is 21.4. The Hall–Kier alpha value is -1.75. The Morgan fingerprint density at radius 1 is 1.21 bits per heavy atom. The highest BCUT2D eigenvalue weighted by Gasteiger charge is 2.34. The van der Waals surface area contributed by atoms with Crippen molar-refractivity contribution >= 4 is 0 Å². The average molecular weight is 399 g/mol. The standard InChI is InChI=1S/C25H35FN2O/c1-18-8-5-9-19(16-18)23-21(11-6-12-22(23)26)24(29-15-13-27)20-10-7-14-28(17-20)25(2,3)4/h5-6,8-9,11-12,16,20,24H,7,10,13-15,17,27H2,1-4H3/t20-,24-/m1/s1. The highest BCUT2D eigenvalue weighted by atomic mass is 19.1. The lowest BCUT2D eigenvalue weighted by Crippen LogP contribution is -2.48. The summed E-state index contributed by atoms with van der Waals surface area (Å²) in [5.74, 6) is 0.109. The van der Waals surface area contributed by atoms with Gasteiger partial charge in [-0.15, -0.1) is 0 Å². The van der Waals surface area contributed by atoms with Crippen LogP contribution in [0.4, 0.5) is 4.39 Å². The molecule has 2 aromatic rings. The minimum atomic E-state index is -0.196. The van der Waals surface area contributed by atoms with E-state index in [1.54, 1.807) is 12.1 Å². The van der Waals surface area contributed by atoms with Crippen molar-refractivity contribution in [2.75, 3.05) is 26.2 Å². The van der Waals surface area contributed by atoms with E-state index >= 15 is 4.39 Å². The molecule has 1 saturated heterocycles. The SMILES string of the molecule is Cc1cccc(-c2c(F)cccc2[C@H](OCCN)[C@@H]2CCCN(C(C)(C)C)C2)c1. The van der Waals surface area contributed by atoms with Crippen LogP contribution in [0.25, 0.3) is 11.1 Å². The van der Waals surface area contributed by atoms with E-state index in [4.69, 9.17) is 10.5 Å². The number of ether oxygens (including phenoxy) is 1. The molecule has 0 saturated carbocycles. The maximum absolute atomic E-state index is 15.1. The number of nitrogens with two attached hydrogens (primary N) is 1. The molecule has 0 radical (unpaired) electrons. The Kier molecular flexibility index (Phi) is 7.10.